The average Bonchev–Trinajstić information content (AvgIpc) is 2.68. The number of hydrogen-bond acceptors (Lipinski definition) is 4. The number of piperazine rings is 1. The molecule has 0 aromatic heterocycles. The molecular formula is C21H26N2O2. The van der Waals surface area contributed by atoms with Crippen molar-refractivity contribution in [1.29, 1.82) is 0 Å². The first kappa shape index (κ1) is 17.4. The molecular weight excluding hydrogens is 312 g/mol. The van der Waals surface area contributed by atoms with Crippen LogP contribution in [0.3, 0.4) is 0 Å². The average molecular weight is 338 g/mol. The maximum atomic E-state index is 5.78. The van der Waals surface area contributed by atoms with Gasteiger partial charge < -0.3 is 14.4 Å². The molecule has 4 heteroatoms. The summed E-state index contributed by atoms with van der Waals surface area (Å²) in [5.74, 6) is 1.90. The predicted octanol–water partition coefficient (Wildman–Crippen LogP) is 3.58. The third-order valence-electron chi connectivity index (χ3n) is 4.52. The molecule has 132 valence electrons. The molecule has 0 atom stereocenters. The van der Waals surface area contributed by atoms with E-state index in [0.29, 0.717) is 6.61 Å². The van der Waals surface area contributed by atoms with Crippen LogP contribution in [0.2, 0.25) is 0 Å². The van der Waals surface area contributed by atoms with E-state index in [1.807, 2.05) is 24.3 Å². The molecule has 1 aliphatic rings. The molecule has 0 spiro atoms. The SMILES string of the molecule is C=CCOc1ccccc1CN1CCN(c2ccccc2OC)CC1. The minimum absolute atomic E-state index is 0.540. The van der Waals surface area contributed by atoms with E-state index in [1.54, 1.807) is 13.2 Å². The highest BCUT2D eigenvalue weighted by Crippen LogP contribution is 2.29. The van der Waals surface area contributed by atoms with Gasteiger partial charge in [0.1, 0.15) is 18.1 Å². The van der Waals surface area contributed by atoms with E-state index in [1.165, 1.54) is 11.3 Å². The summed E-state index contributed by atoms with van der Waals surface area (Å²) < 4.78 is 11.3. The molecule has 1 aliphatic heterocycles. The van der Waals surface area contributed by atoms with Crippen molar-refractivity contribution in [2.24, 2.45) is 0 Å². The Bertz CT molecular complexity index is 694. The number of ether oxygens (including phenoxy) is 2. The van der Waals surface area contributed by atoms with Crippen molar-refractivity contribution < 1.29 is 9.47 Å². The number of benzene rings is 2. The molecule has 0 saturated carbocycles. The number of methoxy groups -OCH3 is 1. The molecule has 0 radical (unpaired) electrons. The van der Waals surface area contributed by atoms with Gasteiger partial charge in [-0.2, -0.15) is 0 Å². The molecule has 2 aromatic carbocycles. The number of nitrogens with zero attached hydrogens (tertiary/aromatic N) is 2. The second-order valence-corrected chi connectivity index (χ2v) is 6.14. The Morgan fingerprint density at radius 2 is 1.64 bits per heavy atom. The fourth-order valence-corrected chi connectivity index (χ4v) is 3.20. The van der Waals surface area contributed by atoms with Crippen molar-refractivity contribution in [3.63, 3.8) is 0 Å². The summed E-state index contributed by atoms with van der Waals surface area (Å²) in [5.41, 5.74) is 2.41. The Balaban J connectivity index is 1.61. The normalized spacial score (nSPS) is 15.0. The summed E-state index contributed by atoms with van der Waals surface area (Å²) in [5, 5.41) is 0. The lowest BCUT2D eigenvalue weighted by molar-refractivity contribution is 0.244. The summed E-state index contributed by atoms with van der Waals surface area (Å²) in [7, 11) is 1.73. The van der Waals surface area contributed by atoms with Gasteiger partial charge in [-0.25, -0.2) is 0 Å². The molecule has 1 saturated heterocycles. The third kappa shape index (κ3) is 4.34. The minimum atomic E-state index is 0.540. The van der Waals surface area contributed by atoms with Crippen molar-refractivity contribution in [2.45, 2.75) is 6.54 Å². The fraction of sp³-hybridized carbons (Fsp3) is 0.333. The first-order chi connectivity index (χ1) is 12.3. The molecule has 4 nitrogen and oxygen atoms in total. The van der Waals surface area contributed by atoms with Crippen LogP contribution in [0.1, 0.15) is 5.56 Å². The zero-order valence-corrected chi connectivity index (χ0v) is 14.9. The van der Waals surface area contributed by atoms with E-state index in [4.69, 9.17) is 9.47 Å². The maximum Gasteiger partial charge on any atom is 0.142 e. The van der Waals surface area contributed by atoms with Crippen LogP contribution < -0.4 is 14.4 Å². The molecule has 25 heavy (non-hydrogen) atoms. The van der Waals surface area contributed by atoms with E-state index in [-0.39, 0.29) is 0 Å². The number of para-hydroxylation sites is 3. The van der Waals surface area contributed by atoms with Crippen LogP contribution in [0.5, 0.6) is 11.5 Å². The van der Waals surface area contributed by atoms with Crippen LogP contribution in [0.25, 0.3) is 0 Å². The molecule has 0 unspecified atom stereocenters. The summed E-state index contributed by atoms with van der Waals surface area (Å²) in [6.07, 6.45) is 1.78. The van der Waals surface area contributed by atoms with E-state index in [2.05, 4.69) is 40.6 Å². The monoisotopic (exact) mass is 338 g/mol. The van der Waals surface area contributed by atoms with E-state index < -0.39 is 0 Å². The fourth-order valence-electron chi connectivity index (χ4n) is 3.20. The zero-order chi connectivity index (χ0) is 17.5. The molecule has 1 fully saturated rings. The van der Waals surface area contributed by atoms with Gasteiger partial charge in [-0.05, 0) is 18.2 Å². The largest absolute Gasteiger partial charge is 0.495 e. The minimum Gasteiger partial charge on any atom is -0.495 e. The van der Waals surface area contributed by atoms with E-state index in [0.717, 1.165) is 44.2 Å². The summed E-state index contributed by atoms with van der Waals surface area (Å²) in [6.45, 7) is 9.21. The Morgan fingerprint density at radius 3 is 2.36 bits per heavy atom. The second-order valence-electron chi connectivity index (χ2n) is 6.14. The zero-order valence-electron chi connectivity index (χ0n) is 14.9. The van der Waals surface area contributed by atoms with Crippen LogP contribution in [0.4, 0.5) is 5.69 Å². The molecule has 0 N–H and O–H groups in total. The third-order valence-corrected chi connectivity index (χ3v) is 4.52. The lowest BCUT2D eigenvalue weighted by Crippen LogP contribution is -2.46. The lowest BCUT2D eigenvalue weighted by atomic mass is 10.1. The van der Waals surface area contributed by atoms with Crippen molar-refractivity contribution in [3.05, 3.63) is 66.7 Å². The van der Waals surface area contributed by atoms with Gasteiger partial charge in [-0.1, -0.05) is 43.0 Å². The highest BCUT2D eigenvalue weighted by atomic mass is 16.5. The quantitative estimate of drug-likeness (QED) is 0.721. The molecule has 0 amide bonds. The highest BCUT2D eigenvalue weighted by Gasteiger charge is 2.20. The first-order valence-electron chi connectivity index (χ1n) is 8.73. The predicted molar refractivity (Wildman–Crippen MR) is 103 cm³/mol. The van der Waals surface area contributed by atoms with Crippen molar-refractivity contribution in [2.75, 3.05) is 44.8 Å². The van der Waals surface area contributed by atoms with Crippen molar-refractivity contribution in [1.82, 2.24) is 4.90 Å². The smallest absolute Gasteiger partial charge is 0.142 e. The van der Waals surface area contributed by atoms with Gasteiger partial charge >= 0.3 is 0 Å². The summed E-state index contributed by atoms with van der Waals surface area (Å²) in [6, 6.07) is 16.5. The van der Waals surface area contributed by atoms with Crippen LogP contribution in [0.15, 0.2) is 61.2 Å². The van der Waals surface area contributed by atoms with Gasteiger partial charge in [-0.3, -0.25) is 4.90 Å². The first-order valence-corrected chi connectivity index (χ1v) is 8.73. The van der Waals surface area contributed by atoms with Crippen LogP contribution in [0, 0.1) is 0 Å². The van der Waals surface area contributed by atoms with Gasteiger partial charge in [0.2, 0.25) is 0 Å². The lowest BCUT2D eigenvalue weighted by Gasteiger charge is -2.36. The van der Waals surface area contributed by atoms with E-state index >= 15 is 0 Å². The van der Waals surface area contributed by atoms with Crippen molar-refractivity contribution >= 4 is 5.69 Å². The molecule has 0 bridgehead atoms. The van der Waals surface area contributed by atoms with Gasteiger partial charge in [0, 0.05) is 38.3 Å². The van der Waals surface area contributed by atoms with Gasteiger partial charge in [0.05, 0.1) is 12.8 Å². The summed E-state index contributed by atoms with van der Waals surface area (Å²) in [4.78, 5) is 4.87. The Labute approximate surface area is 150 Å². The van der Waals surface area contributed by atoms with Crippen LogP contribution in [-0.4, -0.2) is 44.8 Å². The molecule has 3 rings (SSSR count). The van der Waals surface area contributed by atoms with Gasteiger partial charge in [0.25, 0.3) is 0 Å². The molecule has 0 aliphatic carbocycles. The van der Waals surface area contributed by atoms with Crippen molar-refractivity contribution in [3.8, 4) is 11.5 Å². The molecule has 2 aromatic rings. The number of anilines is 1. The van der Waals surface area contributed by atoms with Crippen LogP contribution in [-0.2, 0) is 6.54 Å². The second kappa shape index (κ2) is 8.58. The van der Waals surface area contributed by atoms with E-state index in [9.17, 15) is 0 Å². The number of hydrogen-bond donors (Lipinski definition) is 0. The number of rotatable bonds is 7. The standard InChI is InChI=1S/C21H26N2O2/c1-3-16-25-20-10-6-4-8-18(20)17-22-12-14-23(15-13-22)19-9-5-7-11-21(19)24-2/h3-11H,1,12-17H2,2H3. The maximum absolute atomic E-state index is 5.78. The Hall–Kier alpha value is -2.46. The summed E-state index contributed by atoms with van der Waals surface area (Å²) >= 11 is 0. The van der Waals surface area contributed by atoms with Gasteiger partial charge in [0.15, 0.2) is 0 Å². The Morgan fingerprint density at radius 1 is 0.960 bits per heavy atom. The highest BCUT2D eigenvalue weighted by molar-refractivity contribution is 5.58. The topological polar surface area (TPSA) is 24.9 Å². The molecule has 1 heterocycles. The van der Waals surface area contributed by atoms with Crippen LogP contribution >= 0.6 is 0 Å². The Kier molecular flexibility index (Phi) is 5.96. The van der Waals surface area contributed by atoms with Gasteiger partial charge in [-0.15, -0.1) is 0 Å².